The molecule has 0 radical (unpaired) electrons. The number of hydrogen-bond acceptors (Lipinski definition) is 1. The van der Waals surface area contributed by atoms with Gasteiger partial charge in [-0.2, -0.15) is 0 Å². The fraction of sp³-hybridized carbons (Fsp3) is 0.889. The first-order chi connectivity index (χ1) is 9.39. The quantitative estimate of drug-likeness (QED) is 0.547. The third kappa shape index (κ3) is 2.00. The first kappa shape index (κ1) is 12.4. The Balaban J connectivity index is 1.73. The lowest BCUT2D eigenvalue weighted by Crippen LogP contribution is -2.51. The molecule has 1 spiro atoms. The Hall–Kier alpha value is -0.300. The van der Waals surface area contributed by atoms with Gasteiger partial charge < -0.3 is 4.74 Å². The summed E-state index contributed by atoms with van der Waals surface area (Å²) in [5.41, 5.74) is 3.94. The molecule has 0 bridgehead atoms. The lowest BCUT2D eigenvalue weighted by Gasteiger charge is -2.53. The van der Waals surface area contributed by atoms with Crippen molar-refractivity contribution in [2.75, 3.05) is 0 Å². The molecule has 4 aliphatic rings. The van der Waals surface area contributed by atoms with Crippen LogP contribution in [-0.2, 0) is 4.74 Å². The number of rotatable bonds is 0. The molecule has 0 N–H and O–H groups in total. The highest BCUT2D eigenvalue weighted by Crippen LogP contribution is 2.53. The summed E-state index contributed by atoms with van der Waals surface area (Å²) < 4.78 is 6.83. The minimum atomic E-state index is 0.277. The maximum absolute atomic E-state index is 6.83. The van der Waals surface area contributed by atoms with Gasteiger partial charge in [0.25, 0.3) is 0 Å². The van der Waals surface area contributed by atoms with Crippen LogP contribution in [0.4, 0.5) is 0 Å². The minimum Gasteiger partial charge on any atom is -0.367 e. The Morgan fingerprint density at radius 2 is 1.47 bits per heavy atom. The summed E-state index contributed by atoms with van der Waals surface area (Å²) in [6.45, 7) is 0. The van der Waals surface area contributed by atoms with Crippen LogP contribution in [-0.4, -0.2) is 11.7 Å². The zero-order valence-corrected chi connectivity index (χ0v) is 12.3. The summed E-state index contributed by atoms with van der Waals surface area (Å²) in [6, 6.07) is 0. The molecule has 1 nitrogen and oxygen atoms in total. The Morgan fingerprint density at radius 3 is 2.32 bits per heavy atom. The number of ether oxygens (including phenoxy) is 1. The molecule has 2 atom stereocenters. The van der Waals surface area contributed by atoms with E-state index >= 15 is 0 Å². The van der Waals surface area contributed by atoms with Crippen LogP contribution in [0.5, 0.6) is 0 Å². The highest BCUT2D eigenvalue weighted by molar-refractivity contribution is 5.30. The summed E-state index contributed by atoms with van der Waals surface area (Å²) in [4.78, 5) is 0. The molecule has 0 aromatic carbocycles. The summed E-state index contributed by atoms with van der Waals surface area (Å²) in [7, 11) is 0. The van der Waals surface area contributed by atoms with Crippen molar-refractivity contribution in [3.63, 3.8) is 0 Å². The van der Waals surface area contributed by atoms with Crippen LogP contribution in [0.25, 0.3) is 0 Å². The van der Waals surface area contributed by atoms with Crippen LogP contribution in [0.15, 0.2) is 11.1 Å². The lowest BCUT2D eigenvalue weighted by atomic mass is 9.63. The highest BCUT2D eigenvalue weighted by Gasteiger charge is 2.49. The first-order valence-electron chi connectivity index (χ1n) is 8.79. The molecule has 0 amide bonds. The van der Waals surface area contributed by atoms with E-state index in [0.29, 0.717) is 6.10 Å². The van der Waals surface area contributed by atoms with E-state index in [1.807, 2.05) is 5.57 Å². The van der Waals surface area contributed by atoms with Gasteiger partial charge in [-0.3, -0.25) is 0 Å². The number of hydrogen-bond donors (Lipinski definition) is 0. The normalized spacial score (nSPS) is 37.9. The number of fused-ring (bicyclic) bond motifs is 3. The van der Waals surface area contributed by atoms with Gasteiger partial charge in [-0.1, -0.05) is 37.7 Å². The van der Waals surface area contributed by atoms with E-state index in [1.165, 1.54) is 83.5 Å². The van der Waals surface area contributed by atoms with E-state index in [0.717, 1.165) is 5.92 Å². The van der Waals surface area contributed by atoms with Gasteiger partial charge >= 0.3 is 0 Å². The smallest absolute Gasteiger partial charge is 0.0795 e. The molecular weight excluding hydrogens is 232 g/mol. The Morgan fingerprint density at radius 1 is 0.737 bits per heavy atom. The molecule has 0 saturated heterocycles. The van der Waals surface area contributed by atoms with E-state index in [2.05, 4.69) is 0 Å². The second-order valence-electron chi connectivity index (χ2n) is 7.33. The molecule has 19 heavy (non-hydrogen) atoms. The van der Waals surface area contributed by atoms with Crippen molar-refractivity contribution >= 4 is 0 Å². The zero-order chi connectivity index (χ0) is 12.7. The summed E-state index contributed by atoms with van der Waals surface area (Å²) in [6.07, 6.45) is 18.7. The second-order valence-corrected chi connectivity index (χ2v) is 7.33. The van der Waals surface area contributed by atoms with Crippen LogP contribution >= 0.6 is 0 Å². The molecule has 0 aromatic rings. The van der Waals surface area contributed by atoms with E-state index in [9.17, 15) is 0 Å². The predicted molar refractivity (Wildman–Crippen MR) is 78.1 cm³/mol. The van der Waals surface area contributed by atoms with Crippen LogP contribution < -0.4 is 0 Å². The van der Waals surface area contributed by atoms with E-state index in [4.69, 9.17) is 4.74 Å². The molecule has 106 valence electrons. The molecule has 0 unspecified atom stereocenters. The van der Waals surface area contributed by atoms with Crippen molar-refractivity contribution < 1.29 is 4.74 Å². The van der Waals surface area contributed by atoms with Crippen LogP contribution in [0.3, 0.4) is 0 Å². The van der Waals surface area contributed by atoms with Crippen LogP contribution in [0.2, 0.25) is 0 Å². The fourth-order valence-electron chi connectivity index (χ4n) is 5.44. The topological polar surface area (TPSA) is 9.23 Å². The van der Waals surface area contributed by atoms with Gasteiger partial charge in [-0.25, -0.2) is 0 Å². The Kier molecular flexibility index (Phi) is 3.22. The van der Waals surface area contributed by atoms with Crippen molar-refractivity contribution in [1.82, 2.24) is 0 Å². The van der Waals surface area contributed by atoms with Crippen LogP contribution in [0.1, 0.15) is 83.5 Å². The summed E-state index contributed by atoms with van der Waals surface area (Å²) >= 11 is 0. The lowest BCUT2D eigenvalue weighted by molar-refractivity contribution is -0.150. The monoisotopic (exact) mass is 260 g/mol. The van der Waals surface area contributed by atoms with Crippen molar-refractivity contribution in [3.05, 3.63) is 11.1 Å². The maximum atomic E-state index is 6.83. The van der Waals surface area contributed by atoms with E-state index in [1.54, 1.807) is 5.57 Å². The van der Waals surface area contributed by atoms with Gasteiger partial charge in [0.05, 0.1) is 11.7 Å². The molecule has 0 aromatic heterocycles. The van der Waals surface area contributed by atoms with Crippen molar-refractivity contribution in [2.45, 2.75) is 95.2 Å². The molecule has 3 saturated carbocycles. The maximum Gasteiger partial charge on any atom is 0.0795 e. The Bertz CT molecular complexity index is 375. The van der Waals surface area contributed by atoms with E-state index < -0.39 is 0 Å². The molecule has 1 aliphatic heterocycles. The third-order valence-electron chi connectivity index (χ3n) is 6.29. The molecule has 1 heterocycles. The standard InChI is InChI=1S/C18H28O/c1-6-12-18(13-7-1)16-10-4-2-8-14(16)15-9-3-5-11-17(15)19-18/h16-17H,1-13H2/t16-,17+/m1/s1. The molecular formula is C18H28O. The molecule has 4 rings (SSSR count). The summed E-state index contributed by atoms with van der Waals surface area (Å²) in [5, 5.41) is 0. The minimum absolute atomic E-state index is 0.277. The molecule has 3 fully saturated rings. The summed E-state index contributed by atoms with van der Waals surface area (Å²) in [5.74, 6) is 0.811. The zero-order valence-electron chi connectivity index (χ0n) is 12.3. The Labute approximate surface area is 117 Å². The first-order valence-corrected chi connectivity index (χ1v) is 8.79. The van der Waals surface area contributed by atoms with Crippen molar-refractivity contribution in [3.8, 4) is 0 Å². The van der Waals surface area contributed by atoms with E-state index in [-0.39, 0.29) is 5.60 Å². The van der Waals surface area contributed by atoms with Gasteiger partial charge in [0.1, 0.15) is 0 Å². The average Bonchev–Trinajstić information content (AvgIpc) is 2.49. The molecule has 3 aliphatic carbocycles. The average molecular weight is 260 g/mol. The van der Waals surface area contributed by atoms with Gasteiger partial charge in [-0.05, 0) is 56.9 Å². The van der Waals surface area contributed by atoms with Crippen molar-refractivity contribution in [1.29, 1.82) is 0 Å². The SMILES string of the molecule is C1CCC2(CC1)O[C@H]1CCCCC1=C1CCCC[C@H]12. The van der Waals surface area contributed by atoms with Crippen molar-refractivity contribution in [2.24, 2.45) is 5.92 Å². The highest BCUT2D eigenvalue weighted by atomic mass is 16.5. The third-order valence-corrected chi connectivity index (χ3v) is 6.29. The predicted octanol–water partition coefficient (Wildman–Crippen LogP) is 5.15. The fourth-order valence-corrected chi connectivity index (χ4v) is 5.44. The van der Waals surface area contributed by atoms with Gasteiger partial charge in [-0.15, -0.1) is 0 Å². The van der Waals surface area contributed by atoms with Gasteiger partial charge in [0, 0.05) is 5.92 Å². The second kappa shape index (κ2) is 4.91. The van der Waals surface area contributed by atoms with Gasteiger partial charge in [0.2, 0.25) is 0 Å². The van der Waals surface area contributed by atoms with Gasteiger partial charge in [0.15, 0.2) is 0 Å². The molecule has 1 heteroatoms. The van der Waals surface area contributed by atoms with Crippen LogP contribution in [0, 0.1) is 5.92 Å². The largest absolute Gasteiger partial charge is 0.367 e.